The number of amides is 2. The Labute approximate surface area is 123 Å². The molecule has 0 aliphatic carbocycles. The predicted octanol–water partition coefficient (Wildman–Crippen LogP) is 0.854. The predicted molar refractivity (Wildman–Crippen MR) is 73.7 cm³/mol. The fourth-order valence-electron chi connectivity index (χ4n) is 1.66. The van der Waals surface area contributed by atoms with Crippen LogP contribution in [-0.4, -0.2) is 48.7 Å². The number of carbonyl (C=O) groups is 2. The summed E-state index contributed by atoms with van der Waals surface area (Å²) in [7, 11) is 1.58. The van der Waals surface area contributed by atoms with Gasteiger partial charge in [0.2, 0.25) is 11.8 Å². The Morgan fingerprint density at radius 2 is 2.29 bits per heavy atom. The largest absolute Gasteiger partial charge is 0.443 e. The Morgan fingerprint density at radius 1 is 1.62 bits per heavy atom. The summed E-state index contributed by atoms with van der Waals surface area (Å²) in [5.74, 6) is -2.64. The molecule has 120 valence electrons. The summed E-state index contributed by atoms with van der Waals surface area (Å²) >= 11 is 0. The lowest BCUT2D eigenvalue weighted by atomic mass is 10.2. The fourth-order valence-corrected chi connectivity index (χ4v) is 1.66. The molecule has 3 N–H and O–H groups in total. The van der Waals surface area contributed by atoms with Crippen LogP contribution < -0.4 is 11.1 Å². The van der Waals surface area contributed by atoms with Crippen LogP contribution in [0.5, 0.6) is 0 Å². The number of nitrogens with zero attached hydrogens (tertiary/aromatic N) is 1. The van der Waals surface area contributed by atoms with E-state index in [0.29, 0.717) is 6.42 Å². The molecule has 1 aliphatic heterocycles. The molecule has 21 heavy (non-hydrogen) atoms. The normalized spacial score (nSPS) is 25.3. The number of hydrogen-bond donors (Lipinski definition) is 2. The average molecular weight is 303 g/mol. The molecule has 2 atom stereocenters. The molecule has 8 heteroatoms. The van der Waals surface area contributed by atoms with Gasteiger partial charge in [0, 0.05) is 31.8 Å². The molecule has 0 radical (unpaired) electrons. The van der Waals surface area contributed by atoms with Gasteiger partial charge in [-0.15, -0.1) is 0 Å². The summed E-state index contributed by atoms with van der Waals surface area (Å²) in [5.41, 5.74) is 4.92. The highest BCUT2D eigenvalue weighted by Gasteiger charge is 2.42. The first-order valence-corrected chi connectivity index (χ1v) is 6.72. The van der Waals surface area contributed by atoms with E-state index in [1.54, 1.807) is 7.05 Å². The van der Waals surface area contributed by atoms with E-state index in [-0.39, 0.29) is 12.5 Å². The van der Waals surface area contributed by atoms with Crippen molar-refractivity contribution in [3.8, 4) is 0 Å². The van der Waals surface area contributed by atoms with Crippen LogP contribution in [0.25, 0.3) is 0 Å². The molecule has 2 amide bonds. The third-order valence-corrected chi connectivity index (χ3v) is 3.14. The highest BCUT2D eigenvalue weighted by Crippen LogP contribution is 2.31. The van der Waals surface area contributed by atoms with Crippen LogP contribution in [0.3, 0.4) is 0 Å². The quantitative estimate of drug-likeness (QED) is 0.710. The maximum Gasteiger partial charge on any atom is 0.409 e. The summed E-state index contributed by atoms with van der Waals surface area (Å²) < 4.78 is 24.4. The third kappa shape index (κ3) is 5.58. The summed E-state index contributed by atoms with van der Waals surface area (Å²) in [6.07, 6.45) is 1.70. The van der Waals surface area contributed by atoms with E-state index >= 15 is 0 Å². The van der Waals surface area contributed by atoms with Crippen LogP contribution in [-0.2, 0) is 14.3 Å². The standard InChI is InChI=1S/C13H22FN3O4/c1-9(2)17(3)12(19)20-8-13(14)6-4-11(21-13)16-7-5-10(15)18/h5,7,9,11,16H,4,6,8H2,1-3H3,(H2,15,18)/b7-5-/t11-,13+/m1/s1. The van der Waals surface area contributed by atoms with Crippen molar-refractivity contribution in [1.29, 1.82) is 0 Å². The number of hydrogen-bond acceptors (Lipinski definition) is 5. The Morgan fingerprint density at radius 3 is 2.86 bits per heavy atom. The van der Waals surface area contributed by atoms with Crippen molar-refractivity contribution in [1.82, 2.24) is 10.2 Å². The summed E-state index contributed by atoms with van der Waals surface area (Å²) in [5, 5.41) is 2.70. The Kier molecular flexibility index (Phi) is 5.95. The maximum atomic E-state index is 14.3. The first-order chi connectivity index (χ1) is 9.73. The van der Waals surface area contributed by atoms with E-state index in [9.17, 15) is 14.0 Å². The number of ether oxygens (including phenoxy) is 2. The SMILES string of the molecule is CC(C)N(C)C(=O)OC[C@]1(F)CC[C@H](N/C=C\C(N)=O)O1. The lowest BCUT2D eigenvalue weighted by molar-refractivity contribution is -0.165. The lowest BCUT2D eigenvalue weighted by Crippen LogP contribution is -2.38. The van der Waals surface area contributed by atoms with Crippen LogP contribution in [0.15, 0.2) is 12.3 Å². The highest BCUT2D eigenvalue weighted by atomic mass is 19.2. The van der Waals surface area contributed by atoms with Gasteiger partial charge in [-0.25, -0.2) is 9.18 Å². The zero-order chi connectivity index (χ0) is 16.0. The molecule has 0 unspecified atom stereocenters. The Bertz CT molecular complexity index is 416. The molecule has 0 aromatic rings. The van der Waals surface area contributed by atoms with Gasteiger partial charge in [0.1, 0.15) is 6.23 Å². The van der Waals surface area contributed by atoms with Gasteiger partial charge >= 0.3 is 6.09 Å². The second-order valence-electron chi connectivity index (χ2n) is 5.19. The molecular formula is C13H22FN3O4. The number of primary amides is 1. The van der Waals surface area contributed by atoms with Gasteiger partial charge in [0.05, 0.1) is 0 Å². The van der Waals surface area contributed by atoms with E-state index in [1.165, 1.54) is 11.1 Å². The van der Waals surface area contributed by atoms with E-state index in [0.717, 1.165) is 6.08 Å². The van der Waals surface area contributed by atoms with Crippen molar-refractivity contribution in [3.63, 3.8) is 0 Å². The molecule has 1 fully saturated rings. The van der Waals surface area contributed by atoms with Crippen molar-refractivity contribution in [2.45, 2.75) is 44.8 Å². The monoisotopic (exact) mass is 303 g/mol. The fraction of sp³-hybridized carbons (Fsp3) is 0.692. The molecule has 7 nitrogen and oxygen atoms in total. The first-order valence-electron chi connectivity index (χ1n) is 6.72. The molecule has 0 saturated carbocycles. The topological polar surface area (TPSA) is 93.9 Å². The lowest BCUT2D eigenvalue weighted by Gasteiger charge is -2.24. The molecule has 0 aromatic carbocycles. The minimum atomic E-state index is -2.02. The third-order valence-electron chi connectivity index (χ3n) is 3.14. The second kappa shape index (κ2) is 7.26. The average Bonchev–Trinajstić information content (AvgIpc) is 2.77. The highest BCUT2D eigenvalue weighted by molar-refractivity contribution is 5.85. The Hall–Kier alpha value is -1.83. The molecule has 0 aromatic heterocycles. The number of alkyl halides is 1. The van der Waals surface area contributed by atoms with E-state index in [1.807, 2.05) is 13.8 Å². The number of halogens is 1. The molecule has 0 bridgehead atoms. The molecule has 1 aliphatic rings. The Balaban J connectivity index is 2.39. The van der Waals surface area contributed by atoms with Crippen molar-refractivity contribution >= 4 is 12.0 Å². The summed E-state index contributed by atoms with van der Waals surface area (Å²) in [6, 6.07) is -0.0362. The minimum absolute atomic E-state index is 0.0362. The molecule has 0 spiro atoms. The molecule has 1 saturated heterocycles. The van der Waals surface area contributed by atoms with Crippen LogP contribution in [0.1, 0.15) is 26.7 Å². The maximum absolute atomic E-state index is 14.3. The second-order valence-corrected chi connectivity index (χ2v) is 5.19. The zero-order valence-corrected chi connectivity index (χ0v) is 12.5. The zero-order valence-electron chi connectivity index (χ0n) is 12.5. The van der Waals surface area contributed by atoms with Gasteiger partial charge in [0.25, 0.3) is 0 Å². The van der Waals surface area contributed by atoms with E-state index in [2.05, 4.69) is 5.32 Å². The van der Waals surface area contributed by atoms with Crippen LogP contribution in [0, 0.1) is 0 Å². The number of nitrogens with one attached hydrogen (secondary N) is 1. The number of nitrogens with two attached hydrogens (primary N) is 1. The van der Waals surface area contributed by atoms with Crippen molar-refractivity contribution in [2.75, 3.05) is 13.7 Å². The molecule has 1 rings (SSSR count). The van der Waals surface area contributed by atoms with Gasteiger partial charge in [-0.2, -0.15) is 0 Å². The number of rotatable bonds is 6. The first kappa shape index (κ1) is 17.2. The minimum Gasteiger partial charge on any atom is -0.443 e. The molecule has 1 heterocycles. The van der Waals surface area contributed by atoms with Gasteiger partial charge in [0.15, 0.2) is 6.61 Å². The van der Waals surface area contributed by atoms with Gasteiger partial charge in [-0.1, -0.05) is 0 Å². The molecular weight excluding hydrogens is 281 g/mol. The van der Waals surface area contributed by atoms with Crippen molar-refractivity contribution in [2.24, 2.45) is 5.73 Å². The van der Waals surface area contributed by atoms with Gasteiger partial charge < -0.3 is 25.4 Å². The number of carbonyl (C=O) groups excluding carboxylic acids is 2. The van der Waals surface area contributed by atoms with Crippen molar-refractivity contribution < 1.29 is 23.5 Å². The smallest absolute Gasteiger partial charge is 0.409 e. The van der Waals surface area contributed by atoms with Crippen LogP contribution >= 0.6 is 0 Å². The van der Waals surface area contributed by atoms with E-state index in [4.69, 9.17) is 15.2 Å². The summed E-state index contributed by atoms with van der Waals surface area (Å²) in [6.45, 7) is 3.17. The van der Waals surface area contributed by atoms with E-state index < -0.39 is 30.7 Å². The van der Waals surface area contributed by atoms with Gasteiger partial charge in [-0.05, 0) is 20.3 Å². The van der Waals surface area contributed by atoms with Gasteiger partial charge in [-0.3, -0.25) is 4.79 Å². The van der Waals surface area contributed by atoms with Crippen LogP contribution in [0.4, 0.5) is 9.18 Å². The van der Waals surface area contributed by atoms with Crippen LogP contribution in [0.2, 0.25) is 0 Å². The van der Waals surface area contributed by atoms with Crippen molar-refractivity contribution in [3.05, 3.63) is 12.3 Å². The summed E-state index contributed by atoms with van der Waals surface area (Å²) in [4.78, 5) is 23.5.